The molecule has 0 aliphatic heterocycles. The number of aromatic carboxylic acids is 1. The van der Waals surface area contributed by atoms with Crippen molar-refractivity contribution in [3.8, 4) is 5.75 Å². The minimum absolute atomic E-state index is 0.0317. The standard InChI is InChI=1S/C18H16F2N2O4/c1-22(17(23)13-4-3-5-15(26-2)16(13)20)21-9-8-11-6-7-12(18(24)25)10-14(11)19/h3-7,9-10H,8H2,1-2H3,(H,24,25)/b21-9+. The molecule has 0 saturated heterocycles. The molecule has 0 unspecified atom stereocenters. The lowest BCUT2D eigenvalue weighted by atomic mass is 10.1. The van der Waals surface area contributed by atoms with E-state index >= 15 is 0 Å². The van der Waals surface area contributed by atoms with Gasteiger partial charge in [-0.25, -0.2) is 18.6 Å². The Morgan fingerprint density at radius 3 is 2.62 bits per heavy atom. The van der Waals surface area contributed by atoms with Crippen LogP contribution in [0.3, 0.4) is 0 Å². The largest absolute Gasteiger partial charge is 0.494 e. The Morgan fingerprint density at radius 2 is 2.00 bits per heavy atom. The average Bonchev–Trinajstić information content (AvgIpc) is 2.62. The van der Waals surface area contributed by atoms with Crippen LogP contribution in [0.15, 0.2) is 41.5 Å². The van der Waals surface area contributed by atoms with Crippen LogP contribution in [0.1, 0.15) is 26.3 Å². The molecule has 136 valence electrons. The number of carboxylic acids is 1. The van der Waals surface area contributed by atoms with Crippen molar-refractivity contribution in [2.24, 2.45) is 5.10 Å². The normalized spacial score (nSPS) is 10.8. The minimum atomic E-state index is -1.23. The molecule has 0 bridgehead atoms. The van der Waals surface area contributed by atoms with Gasteiger partial charge in [-0.1, -0.05) is 12.1 Å². The maximum Gasteiger partial charge on any atom is 0.335 e. The molecule has 0 aromatic heterocycles. The molecule has 0 radical (unpaired) electrons. The second-order valence-corrected chi connectivity index (χ2v) is 5.26. The fourth-order valence-electron chi connectivity index (χ4n) is 2.17. The van der Waals surface area contributed by atoms with Crippen molar-refractivity contribution in [2.75, 3.05) is 14.2 Å². The Morgan fingerprint density at radius 1 is 1.27 bits per heavy atom. The quantitative estimate of drug-likeness (QED) is 0.633. The van der Waals surface area contributed by atoms with Crippen molar-refractivity contribution >= 4 is 18.1 Å². The highest BCUT2D eigenvalue weighted by Crippen LogP contribution is 2.21. The van der Waals surface area contributed by atoms with Gasteiger partial charge in [-0.3, -0.25) is 4.79 Å². The molecule has 2 rings (SSSR count). The Bertz CT molecular complexity index is 868. The van der Waals surface area contributed by atoms with Crippen LogP contribution in [0, 0.1) is 11.6 Å². The first-order valence-corrected chi connectivity index (χ1v) is 7.50. The molecule has 2 aromatic carbocycles. The van der Waals surface area contributed by atoms with Gasteiger partial charge in [-0.2, -0.15) is 5.10 Å². The number of amides is 1. The van der Waals surface area contributed by atoms with Crippen LogP contribution in [0.4, 0.5) is 8.78 Å². The van der Waals surface area contributed by atoms with E-state index in [0.29, 0.717) is 0 Å². The molecule has 0 aliphatic rings. The average molecular weight is 362 g/mol. The van der Waals surface area contributed by atoms with Crippen molar-refractivity contribution < 1.29 is 28.2 Å². The number of carbonyl (C=O) groups is 2. The van der Waals surface area contributed by atoms with Gasteiger partial charge in [-0.05, 0) is 29.8 Å². The second-order valence-electron chi connectivity index (χ2n) is 5.26. The highest BCUT2D eigenvalue weighted by molar-refractivity contribution is 5.95. The van der Waals surface area contributed by atoms with Gasteiger partial charge in [0.1, 0.15) is 5.82 Å². The monoisotopic (exact) mass is 362 g/mol. The summed E-state index contributed by atoms with van der Waals surface area (Å²) in [5.41, 5.74) is -0.155. The third-order valence-corrected chi connectivity index (χ3v) is 3.57. The number of rotatable bonds is 6. The minimum Gasteiger partial charge on any atom is -0.494 e. The first-order valence-electron chi connectivity index (χ1n) is 7.50. The SMILES string of the molecule is COc1cccc(C(=O)N(C)/N=C/Cc2ccc(C(=O)O)cc2F)c1F. The summed E-state index contributed by atoms with van der Waals surface area (Å²) in [6, 6.07) is 7.68. The van der Waals surface area contributed by atoms with E-state index in [4.69, 9.17) is 9.84 Å². The maximum absolute atomic E-state index is 14.1. The second kappa shape index (κ2) is 8.19. The lowest BCUT2D eigenvalue weighted by Crippen LogP contribution is -2.22. The summed E-state index contributed by atoms with van der Waals surface area (Å²) in [6.45, 7) is 0. The Hall–Kier alpha value is -3.29. The molecule has 1 amide bonds. The molecule has 1 N–H and O–H groups in total. The van der Waals surface area contributed by atoms with Crippen molar-refractivity contribution in [1.82, 2.24) is 5.01 Å². The van der Waals surface area contributed by atoms with E-state index in [-0.39, 0.29) is 28.9 Å². The third kappa shape index (κ3) is 4.21. The zero-order valence-corrected chi connectivity index (χ0v) is 14.1. The number of nitrogens with zero attached hydrogens (tertiary/aromatic N) is 2. The van der Waals surface area contributed by atoms with Crippen molar-refractivity contribution in [3.63, 3.8) is 0 Å². The Balaban J connectivity index is 2.09. The summed E-state index contributed by atoms with van der Waals surface area (Å²) in [6.07, 6.45) is 1.30. The number of hydrazone groups is 1. The predicted molar refractivity (Wildman–Crippen MR) is 90.6 cm³/mol. The van der Waals surface area contributed by atoms with E-state index in [9.17, 15) is 18.4 Å². The van der Waals surface area contributed by atoms with Crippen LogP contribution in [-0.2, 0) is 6.42 Å². The predicted octanol–water partition coefficient (Wildman–Crippen LogP) is 2.97. The number of halogens is 2. The maximum atomic E-state index is 14.1. The molecule has 26 heavy (non-hydrogen) atoms. The molecular formula is C18H16F2N2O4. The molecule has 0 aliphatic carbocycles. The summed E-state index contributed by atoms with van der Waals surface area (Å²) in [4.78, 5) is 23.0. The summed E-state index contributed by atoms with van der Waals surface area (Å²) < 4.78 is 32.8. The molecule has 0 atom stereocenters. The van der Waals surface area contributed by atoms with E-state index < -0.39 is 23.5 Å². The fourth-order valence-corrected chi connectivity index (χ4v) is 2.17. The van der Waals surface area contributed by atoms with Crippen LogP contribution in [0.2, 0.25) is 0 Å². The number of hydrogen-bond donors (Lipinski definition) is 1. The number of ether oxygens (including phenoxy) is 1. The van der Waals surface area contributed by atoms with Crippen molar-refractivity contribution in [2.45, 2.75) is 6.42 Å². The van der Waals surface area contributed by atoms with Crippen LogP contribution in [-0.4, -0.2) is 42.4 Å². The van der Waals surface area contributed by atoms with Gasteiger partial charge in [0.05, 0.1) is 18.2 Å². The van der Waals surface area contributed by atoms with Crippen molar-refractivity contribution in [3.05, 3.63) is 64.7 Å². The van der Waals surface area contributed by atoms with Crippen molar-refractivity contribution in [1.29, 1.82) is 0 Å². The van der Waals surface area contributed by atoms with Crippen LogP contribution < -0.4 is 4.74 Å². The van der Waals surface area contributed by atoms with Gasteiger partial charge in [0, 0.05) is 19.7 Å². The van der Waals surface area contributed by atoms with E-state index in [2.05, 4.69) is 5.10 Å². The molecule has 0 heterocycles. The Labute approximate surface area is 148 Å². The van der Waals surface area contributed by atoms with Crippen LogP contribution in [0.5, 0.6) is 5.75 Å². The van der Waals surface area contributed by atoms with Crippen LogP contribution in [0.25, 0.3) is 0 Å². The summed E-state index contributed by atoms with van der Waals surface area (Å²) in [5.74, 6) is -3.47. The zero-order valence-electron chi connectivity index (χ0n) is 14.1. The summed E-state index contributed by atoms with van der Waals surface area (Å²) >= 11 is 0. The molecule has 0 spiro atoms. The molecule has 0 saturated carbocycles. The van der Waals surface area contributed by atoms with E-state index in [1.807, 2.05) is 0 Å². The topological polar surface area (TPSA) is 79.2 Å². The lowest BCUT2D eigenvalue weighted by molar-refractivity contribution is 0.0695. The van der Waals surface area contributed by atoms with Gasteiger partial charge in [0.2, 0.25) is 0 Å². The van der Waals surface area contributed by atoms with Gasteiger partial charge < -0.3 is 9.84 Å². The molecule has 0 fully saturated rings. The first-order chi connectivity index (χ1) is 12.3. The number of benzene rings is 2. The van der Waals surface area contributed by atoms with E-state index in [0.717, 1.165) is 11.1 Å². The van der Waals surface area contributed by atoms with E-state index in [1.54, 1.807) is 0 Å². The summed E-state index contributed by atoms with van der Waals surface area (Å²) in [5, 5.41) is 13.6. The number of methoxy groups -OCH3 is 1. The zero-order chi connectivity index (χ0) is 19.3. The molecule has 2 aromatic rings. The smallest absolute Gasteiger partial charge is 0.335 e. The number of carboxylic acid groups (broad SMARTS) is 1. The van der Waals surface area contributed by atoms with E-state index in [1.165, 1.54) is 50.7 Å². The van der Waals surface area contributed by atoms with Gasteiger partial charge in [0.25, 0.3) is 5.91 Å². The number of hydrogen-bond acceptors (Lipinski definition) is 4. The Kier molecular flexibility index (Phi) is 6.00. The molecule has 6 nitrogen and oxygen atoms in total. The van der Waals surface area contributed by atoms with Gasteiger partial charge >= 0.3 is 5.97 Å². The highest BCUT2D eigenvalue weighted by atomic mass is 19.1. The van der Waals surface area contributed by atoms with Gasteiger partial charge in [-0.15, -0.1) is 0 Å². The first kappa shape index (κ1) is 19.0. The molecule has 8 heteroatoms. The number of carbonyl (C=O) groups excluding carboxylic acids is 1. The summed E-state index contributed by atoms with van der Waals surface area (Å²) in [7, 11) is 2.63. The van der Waals surface area contributed by atoms with Gasteiger partial charge in [0.15, 0.2) is 11.6 Å². The fraction of sp³-hybridized carbons (Fsp3) is 0.167. The third-order valence-electron chi connectivity index (χ3n) is 3.57. The van der Waals surface area contributed by atoms with Crippen LogP contribution >= 0.6 is 0 Å². The lowest BCUT2D eigenvalue weighted by Gasteiger charge is -2.12. The molecular weight excluding hydrogens is 346 g/mol. The highest BCUT2D eigenvalue weighted by Gasteiger charge is 2.18.